The molecule has 3 aromatic carbocycles. The number of sulfonamides is 1. The van der Waals surface area contributed by atoms with E-state index in [-0.39, 0.29) is 15.5 Å². The van der Waals surface area contributed by atoms with Crippen molar-refractivity contribution in [2.75, 3.05) is 24.2 Å². The predicted octanol–water partition coefficient (Wildman–Crippen LogP) is 3.31. The van der Waals surface area contributed by atoms with E-state index in [1.165, 1.54) is 55.6 Å². The lowest BCUT2D eigenvalue weighted by Gasteiger charge is -2.25. The van der Waals surface area contributed by atoms with Crippen molar-refractivity contribution in [1.82, 2.24) is 5.32 Å². The van der Waals surface area contributed by atoms with Crippen LogP contribution in [-0.2, 0) is 24.7 Å². The maximum absolute atomic E-state index is 13.5. The van der Waals surface area contributed by atoms with Gasteiger partial charge in [-0.25, -0.2) is 21.2 Å². The van der Waals surface area contributed by atoms with E-state index in [2.05, 4.69) is 5.32 Å². The molecule has 0 aliphatic heterocycles. The molecule has 8 nitrogen and oxygen atoms in total. The summed E-state index contributed by atoms with van der Waals surface area (Å²) < 4.78 is 69.5. The minimum atomic E-state index is -4.18. The van der Waals surface area contributed by atoms with Crippen molar-refractivity contribution in [3.8, 4) is 5.75 Å². The average molecular weight is 521 g/mol. The summed E-state index contributed by atoms with van der Waals surface area (Å²) in [5, 5.41) is 2.72. The van der Waals surface area contributed by atoms with E-state index < -0.39 is 44.2 Å². The van der Waals surface area contributed by atoms with Crippen molar-refractivity contribution >= 4 is 31.5 Å². The molecule has 35 heavy (non-hydrogen) atoms. The van der Waals surface area contributed by atoms with Crippen LogP contribution in [-0.4, -0.2) is 42.7 Å². The molecular weight excluding hydrogens is 495 g/mol. The van der Waals surface area contributed by atoms with Gasteiger partial charge in [-0.1, -0.05) is 12.1 Å². The summed E-state index contributed by atoms with van der Waals surface area (Å²) >= 11 is 0. The lowest BCUT2D eigenvalue weighted by molar-refractivity contribution is -0.120. The molecule has 0 radical (unpaired) electrons. The third-order valence-electron chi connectivity index (χ3n) is 5.24. The molecule has 0 saturated carbocycles. The Morgan fingerprint density at radius 3 is 1.97 bits per heavy atom. The fraction of sp³-hybridized carbons (Fsp3) is 0.208. The number of hydrogen-bond donors (Lipinski definition) is 1. The second-order valence-electron chi connectivity index (χ2n) is 7.79. The second-order valence-corrected chi connectivity index (χ2v) is 11.7. The number of ether oxygens (including phenoxy) is 1. The van der Waals surface area contributed by atoms with Crippen LogP contribution >= 0.6 is 0 Å². The highest BCUT2D eigenvalue weighted by Crippen LogP contribution is 2.25. The summed E-state index contributed by atoms with van der Waals surface area (Å²) in [5.41, 5.74) is 0.750. The maximum Gasteiger partial charge on any atom is 0.264 e. The third kappa shape index (κ3) is 6.37. The van der Waals surface area contributed by atoms with Crippen molar-refractivity contribution in [3.05, 3.63) is 84.2 Å². The first kappa shape index (κ1) is 26.2. The summed E-state index contributed by atoms with van der Waals surface area (Å²) in [6.45, 7) is 1.12. The highest BCUT2D eigenvalue weighted by atomic mass is 32.2. The van der Waals surface area contributed by atoms with Gasteiger partial charge in [0.25, 0.3) is 10.0 Å². The van der Waals surface area contributed by atoms with E-state index >= 15 is 0 Å². The fourth-order valence-corrected chi connectivity index (χ4v) is 5.35. The SMILES string of the molecule is COc1ccc(S(=O)(=O)N(CC(=O)NC(C)c2ccc(S(C)(=O)=O)cc2)c2ccc(F)cc2)cc1. The first-order valence-corrected chi connectivity index (χ1v) is 13.8. The van der Waals surface area contributed by atoms with E-state index in [0.717, 1.165) is 22.7 Å². The van der Waals surface area contributed by atoms with Crippen LogP contribution in [0.15, 0.2) is 82.6 Å². The average Bonchev–Trinajstić information content (AvgIpc) is 2.82. The molecule has 1 unspecified atom stereocenters. The van der Waals surface area contributed by atoms with Crippen LogP contribution in [0.4, 0.5) is 10.1 Å². The number of anilines is 1. The number of rotatable bonds is 9. The third-order valence-corrected chi connectivity index (χ3v) is 8.15. The van der Waals surface area contributed by atoms with Crippen LogP contribution < -0.4 is 14.4 Å². The predicted molar refractivity (Wildman–Crippen MR) is 130 cm³/mol. The second kappa shape index (κ2) is 10.4. The molecule has 0 bridgehead atoms. The number of halogens is 1. The van der Waals surface area contributed by atoms with Gasteiger partial charge in [-0.2, -0.15) is 0 Å². The lowest BCUT2D eigenvalue weighted by Crippen LogP contribution is -2.41. The number of carbonyl (C=O) groups excluding carboxylic acids is 1. The number of sulfone groups is 1. The molecule has 11 heteroatoms. The zero-order chi connectivity index (χ0) is 25.8. The summed E-state index contributed by atoms with van der Waals surface area (Å²) in [6, 6.07) is 15.9. The van der Waals surface area contributed by atoms with Crippen LogP contribution in [0.1, 0.15) is 18.5 Å². The fourth-order valence-electron chi connectivity index (χ4n) is 3.30. The van der Waals surface area contributed by atoms with Gasteiger partial charge < -0.3 is 10.1 Å². The Bertz CT molecular complexity index is 1390. The van der Waals surface area contributed by atoms with Gasteiger partial charge in [-0.3, -0.25) is 9.10 Å². The van der Waals surface area contributed by atoms with Crippen LogP contribution in [0.2, 0.25) is 0 Å². The number of amides is 1. The van der Waals surface area contributed by atoms with Crippen molar-refractivity contribution in [3.63, 3.8) is 0 Å². The number of methoxy groups -OCH3 is 1. The Morgan fingerprint density at radius 1 is 0.914 bits per heavy atom. The molecule has 1 N–H and O–H groups in total. The van der Waals surface area contributed by atoms with Crippen molar-refractivity contribution in [2.24, 2.45) is 0 Å². The van der Waals surface area contributed by atoms with Crippen LogP contribution in [0.25, 0.3) is 0 Å². The van der Waals surface area contributed by atoms with Gasteiger partial charge in [-0.05, 0) is 73.2 Å². The monoisotopic (exact) mass is 520 g/mol. The van der Waals surface area contributed by atoms with Gasteiger partial charge in [0.2, 0.25) is 5.91 Å². The van der Waals surface area contributed by atoms with Crippen LogP contribution in [0, 0.1) is 5.82 Å². The molecule has 1 amide bonds. The molecule has 0 aromatic heterocycles. The summed E-state index contributed by atoms with van der Waals surface area (Å²) in [4.78, 5) is 13.0. The quantitative estimate of drug-likeness (QED) is 0.464. The molecule has 1 atom stereocenters. The normalized spacial score (nSPS) is 12.6. The molecule has 0 heterocycles. The topological polar surface area (TPSA) is 110 Å². The Labute approximate surface area is 204 Å². The standard InChI is InChI=1S/C24H25FN2O6S2/c1-17(18-4-12-22(13-5-18)34(3,29)30)26-24(28)16-27(20-8-6-19(25)7-9-20)35(31,32)23-14-10-21(33-2)11-15-23/h4-15,17H,16H2,1-3H3,(H,26,28). The van der Waals surface area contributed by atoms with Crippen molar-refractivity contribution < 1.29 is 30.8 Å². The number of hydrogen-bond acceptors (Lipinski definition) is 6. The summed E-state index contributed by atoms with van der Waals surface area (Å²) in [5.74, 6) is -0.692. The Morgan fingerprint density at radius 2 is 1.46 bits per heavy atom. The van der Waals surface area contributed by atoms with Crippen LogP contribution in [0.5, 0.6) is 5.75 Å². The minimum absolute atomic E-state index is 0.0696. The molecule has 0 saturated heterocycles. The smallest absolute Gasteiger partial charge is 0.264 e. The largest absolute Gasteiger partial charge is 0.497 e. The van der Waals surface area contributed by atoms with Gasteiger partial charge in [0.05, 0.1) is 28.6 Å². The molecule has 3 rings (SSSR count). The van der Waals surface area contributed by atoms with Crippen molar-refractivity contribution in [1.29, 1.82) is 0 Å². The molecule has 0 aliphatic rings. The molecule has 0 fully saturated rings. The summed E-state index contributed by atoms with van der Waals surface area (Å²) in [7, 11) is -6.09. The highest BCUT2D eigenvalue weighted by molar-refractivity contribution is 7.93. The van der Waals surface area contributed by atoms with E-state index in [1.807, 2.05) is 0 Å². The maximum atomic E-state index is 13.5. The first-order valence-electron chi connectivity index (χ1n) is 10.4. The van der Waals surface area contributed by atoms with Gasteiger partial charge >= 0.3 is 0 Å². The zero-order valence-electron chi connectivity index (χ0n) is 19.3. The number of benzene rings is 3. The number of nitrogens with zero attached hydrogens (tertiary/aromatic N) is 1. The van der Waals surface area contributed by atoms with E-state index in [0.29, 0.717) is 11.3 Å². The first-order chi connectivity index (χ1) is 16.4. The molecule has 0 aliphatic carbocycles. The summed E-state index contributed by atoms with van der Waals surface area (Å²) in [6.07, 6.45) is 1.10. The number of nitrogens with one attached hydrogen (secondary N) is 1. The van der Waals surface area contributed by atoms with E-state index in [1.54, 1.807) is 19.1 Å². The zero-order valence-corrected chi connectivity index (χ0v) is 20.9. The molecule has 3 aromatic rings. The minimum Gasteiger partial charge on any atom is -0.497 e. The molecule has 186 valence electrons. The van der Waals surface area contributed by atoms with Crippen LogP contribution in [0.3, 0.4) is 0 Å². The molecule has 0 spiro atoms. The van der Waals surface area contributed by atoms with Gasteiger partial charge in [0, 0.05) is 6.26 Å². The van der Waals surface area contributed by atoms with Gasteiger partial charge in [-0.15, -0.1) is 0 Å². The van der Waals surface area contributed by atoms with Gasteiger partial charge in [0.1, 0.15) is 18.1 Å². The van der Waals surface area contributed by atoms with E-state index in [9.17, 15) is 26.0 Å². The molecular formula is C24H25FN2O6S2. The highest BCUT2D eigenvalue weighted by Gasteiger charge is 2.28. The van der Waals surface area contributed by atoms with Gasteiger partial charge in [0.15, 0.2) is 9.84 Å². The van der Waals surface area contributed by atoms with E-state index in [4.69, 9.17) is 4.74 Å². The lowest BCUT2D eigenvalue weighted by atomic mass is 10.1. The Balaban J connectivity index is 1.85. The van der Waals surface area contributed by atoms with Crippen molar-refractivity contribution in [2.45, 2.75) is 22.8 Å². The number of carbonyl (C=O) groups is 1. The Hall–Kier alpha value is -3.44. The Kier molecular flexibility index (Phi) is 7.81.